The summed E-state index contributed by atoms with van der Waals surface area (Å²) in [6.07, 6.45) is 0.891. The van der Waals surface area contributed by atoms with E-state index < -0.39 is 0 Å². The normalized spacial score (nSPS) is 15.0. The molecule has 1 aliphatic rings. The maximum Gasteiger partial charge on any atom is 0.237 e. The number of amides is 1. The smallest absolute Gasteiger partial charge is 0.237 e. The van der Waals surface area contributed by atoms with Crippen LogP contribution in [-0.2, 0) is 11.2 Å². The highest BCUT2D eigenvalue weighted by Gasteiger charge is 2.31. The lowest BCUT2D eigenvalue weighted by atomic mass is 10.0. The van der Waals surface area contributed by atoms with Crippen molar-refractivity contribution in [3.05, 3.63) is 89.5 Å². The predicted molar refractivity (Wildman–Crippen MR) is 143 cm³/mol. The van der Waals surface area contributed by atoms with Crippen molar-refractivity contribution in [2.24, 2.45) is 0 Å². The van der Waals surface area contributed by atoms with Crippen molar-refractivity contribution in [3.8, 4) is 17.1 Å². The Morgan fingerprint density at radius 3 is 2.40 bits per heavy atom. The van der Waals surface area contributed by atoms with E-state index in [0.29, 0.717) is 11.7 Å². The van der Waals surface area contributed by atoms with Gasteiger partial charge in [-0.05, 0) is 49.4 Å². The summed E-state index contributed by atoms with van der Waals surface area (Å²) < 4.78 is 2.11. The summed E-state index contributed by atoms with van der Waals surface area (Å²) >= 11 is 1.45. The second-order valence-corrected chi connectivity index (χ2v) is 10.4. The van der Waals surface area contributed by atoms with Crippen LogP contribution >= 0.6 is 11.8 Å². The van der Waals surface area contributed by atoms with Gasteiger partial charge in [-0.2, -0.15) is 0 Å². The Hall–Kier alpha value is -3.38. The number of hydrogen-bond acceptors (Lipinski definition) is 4. The first-order chi connectivity index (χ1) is 16.9. The number of fused-ring (bicyclic) bond motifs is 1. The van der Waals surface area contributed by atoms with E-state index in [9.17, 15) is 4.79 Å². The number of rotatable bonds is 6. The highest BCUT2D eigenvalue weighted by Crippen LogP contribution is 2.35. The van der Waals surface area contributed by atoms with Crippen LogP contribution in [0.2, 0.25) is 0 Å². The van der Waals surface area contributed by atoms with Gasteiger partial charge in [-0.25, -0.2) is 0 Å². The topological polar surface area (TPSA) is 51.0 Å². The molecule has 0 radical (unpaired) electrons. The average Bonchev–Trinajstić information content (AvgIpc) is 3.43. The number of benzene rings is 3. The largest absolute Gasteiger partial charge is 0.308 e. The molecule has 1 aromatic heterocycles. The molecule has 0 saturated heterocycles. The molecule has 2 heterocycles. The molecule has 5 nitrogen and oxygen atoms in total. The first-order valence-electron chi connectivity index (χ1n) is 12.1. The fourth-order valence-electron chi connectivity index (χ4n) is 4.79. The Balaban J connectivity index is 1.50. The predicted octanol–water partition coefficient (Wildman–Crippen LogP) is 6.44. The molecule has 35 heavy (non-hydrogen) atoms. The van der Waals surface area contributed by atoms with Crippen molar-refractivity contribution in [1.82, 2.24) is 14.8 Å². The van der Waals surface area contributed by atoms with E-state index in [1.165, 1.54) is 28.5 Å². The maximum atomic E-state index is 13.4. The van der Waals surface area contributed by atoms with E-state index >= 15 is 0 Å². The van der Waals surface area contributed by atoms with Gasteiger partial charge >= 0.3 is 0 Å². The number of hydrogen-bond donors (Lipinski definition) is 0. The lowest BCUT2D eigenvalue weighted by Gasteiger charge is -2.22. The molecule has 0 aliphatic carbocycles. The van der Waals surface area contributed by atoms with Crippen LogP contribution in [0.4, 0.5) is 5.69 Å². The Bertz CT molecular complexity index is 1360. The average molecular weight is 483 g/mol. The molecule has 1 amide bonds. The van der Waals surface area contributed by atoms with Crippen molar-refractivity contribution in [1.29, 1.82) is 0 Å². The molecule has 6 heteroatoms. The second-order valence-electron chi connectivity index (χ2n) is 9.46. The number of thioether (sulfide) groups is 1. The first kappa shape index (κ1) is 23.4. The molecule has 178 valence electrons. The molecule has 0 fully saturated rings. The summed E-state index contributed by atoms with van der Waals surface area (Å²) in [4.78, 5) is 15.3. The summed E-state index contributed by atoms with van der Waals surface area (Å²) in [7, 11) is 0. The summed E-state index contributed by atoms with van der Waals surface area (Å²) in [5.41, 5.74) is 6.73. The minimum atomic E-state index is 0.0935. The fraction of sp³-hybridized carbons (Fsp3) is 0.276. The molecule has 3 aromatic carbocycles. The van der Waals surface area contributed by atoms with Crippen molar-refractivity contribution in [2.45, 2.75) is 51.2 Å². The van der Waals surface area contributed by atoms with Crippen LogP contribution in [0.5, 0.6) is 0 Å². The molecule has 0 unspecified atom stereocenters. The van der Waals surface area contributed by atoms with Crippen LogP contribution in [0.15, 0.2) is 78.0 Å². The number of aryl methyl sites for hydroxylation is 1. The van der Waals surface area contributed by atoms with Crippen molar-refractivity contribution >= 4 is 23.4 Å². The van der Waals surface area contributed by atoms with Gasteiger partial charge in [0.1, 0.15) is 0 Å². The van der Waals surface area contributed by atoms with E-state index in [1.807, 2.05) is 29.2 Å². The lowest BCUT2D eigenvalue weighted by Crippen LogP contribution is -2.37. The zero-order valence-electron chi connectivity index (χ0n) is 20.6. The molecule has 1 atom stereocenters. The van der Waals surface area contributed by atoms with E-state index in [4.69, 9.17) is 0 Å². The van der Waals surface area contributed by atoms with Crippen LogP contribution in [0.25, 0.3) is 17.1 Å². The molecule has 1 aliphatic heterocycles. The van der Waals surface area contributed by atoms with Gasteiger partial charge in [0.25, 0.3) is 0 Å². The van der Waals surface area contributed by atoms with Gasteiger partial charge in [-0.1, -0.05) is 91.8 Å². The van der Waals surface area contributed by atoms with Crippen LogP contribution in [0.3, 0.4) is 0 Å². The van der Waals surface area contributed by atoms with Gasteiger partial charge in [-0.3, -0.25) is 9.36 Å². The number of carbonyl (C=O) groups is 1. The number of anilines is 1. The molecule has 0 bridgehead atoms. The van der Waals surface area contributed by atoms with Crippen molar-refractivity contribution in [2.75, 3.05) is 10.7 Å². The van der Waals surface area contributed by atoms with E-state index in [0.717, 1.165) is 34.3 Å². The van der Waals surface area contributed by atoms with Gasteiger partial charge in [0.15, 0.2) is 11.0 Å². The van der Waals surface area contributed by atoms with Gasteiger partial charge in [0.2, 0.25) is 5.91 Å². The molecule has 0 N–H and O–H groups in total. The minimum Gasteiger partial charge on any atom is -0.308 e. The highest BCUT2D eigenvalue weighted by molar-refractivity contribution is 7.99. The third kappa shape index (κ3) is 4.50. The Morgan fingerprint density at radius 1 is 0.971 bits per heavy atom. The SMILES string of the molecule is Cc1ccc(-c2nnc(SCC(=O)N3c4ccccc4C[C@@H]3C)n2-c2ccccc2C(C)C)cc1. The summed E-state index contributed by atoms with van der Waals surface area (Å²) in [5, 5.41) is 9.87. The van der Waals surface area contributed by atoms with Gasteiger partial charge in [0.05, 0.1) is 11.4 Å². The van der Waals surface area contributed by atoms with Crippen LogP contribution in [0, 0.1) is 6.92 Å². The minimum absolute atomic E-state index is 0.0935. The van der Waals surface area contributed by atoms with E-state index in [2.05, 4.69) is 91.0 Å². The quantitative estimate of drug-likeness (QED) is 0.297. The van der Waals surface area contributed by atoms with Crippen LogP contribution in [0.1, 0.15) is 43.4 Å². The Kier molecular flexibility index (Phi) is 6.48. The van der Waals surface area contributed by atoms with Gasteiger partial charge in [0, 0.05) is 17.3 Å². The number of aromatic nitrogens is 3. The summed E-state index contributed by atoms with van der Waals surface area (Å²) in [6.45, 7) is 8.57. The molecule has 5 rings (SSSR count). The van der Waals surface area contributed by atoms with Gasteiger partial charge in [-0.15, -0.1) is 10.2 Å². The summed E-state index contributed by atoms with van der Waals surface area (Å²) in [5.74, 6) is 1.51. The Labute approximate surface area is 211 Å². The standard InChI is InChI=1S/C29H30N4OS/c1-19(2)24-10-6-8-12-26(24)33-28(22-15-13-20(3)14-16-22)30-31-29(33)35-18-27(34)32-21(4)17-23-9-5-7-11-25(23)32/h5-16,19,21H,17-18H2,1-4H3/t21-/m0/s1. The second kappa shape index (κ2) is 9.70. The van der Waals surface area contributed by atoms with Crippen molar-refractivity contribution in [3.63, 3.8) is 0 Å². The zero-order valence-corrected chi connectivity index (χ0v) is 21.4. The number of para-hydroxylation sites is 2. The van der Waals surface area contributed by atoms with Crippen molar-refractivity contribution < 1.29 is 4.79 Å². The number of nitrogens with zero attached hydrogens (tertiary/aromatic N) is 4. The third-order valence-corrected chi connectivity index (χ3v) is 7.46. The fourth-order valence-corrected chi connectivity index (χ4v) is 5.60. The molecule has 0 spiro atoms. The Morgan fingerprint density at radius 2 is 1.66 bits per heavy atom. The van der Waals surface area contributed by atoms with E-state index in [-0.39, 0.29) is 11.9 Å². The van der Waals surface area contributed by atoms with Crippen LogP contribution < -0.4 is 4.90 Å². The van der Waals surface area contributed by atoms with Crippen LogP contribution in [-0.4, -0.2) is 32.5 Å². The summed E-state index contributed by atoms with van der Waals surface area (Å²) in [6, 6.07) is 25.1. The lowest BCUT2D eigenvalue weighted by molar-refractivity contribution is -0.116. The zero-order chi connectivity index (χ0) is 24.5. The highest BCUT2D eigenvalue weighted by atomic mass is 32.2. The molecule has 0 saturated carbocycles. The molecular weight excluding hydrogens is 452 g/mol. The molecule has 4 aromatic rings. The number of carbonyl (C=O) groups excluding carboxylic acids is 1. The molecular formula is C29H30N4OS. The third-order valence-electron chi connectivity index (χ3n) is 6.54. The monoisotopic (exact) mass is 482 g/mol. The first-order valence-corrected chi connectivity index (χ1v) is 13.1. The maximum absolute atomic E-state index is 13.4. The van der Waals surface area contributed by atoms with Gasteiger partial charge < -0.3 is 4.90 Å². The van der Waals surface area contributed by atoms with E-state index in [1.54, 1.807) is 0 Å².